The van der Waals surface area contributed by atoms with Crippen LogP contribution in [0.25, 0.3) is 0 Å². The number of aliphatic hydroxyl groups excluding tert-OH is 1. The second-order valence-corrected chi connectivity index (χ2v) is 6.72. The Morgan fingerprint density at radius 1 is 1.38 bits per heavy atom. The number of hydrogen-bond acceptors (Lipinski definition) is 5. The third-order valence-electron chi connectivity index (χ3n) is 4.12. The van der Waals surface area contributed by atoms with Crippen molar-refractivity contribution in [2.45, 2.75) is 51.5 Å². The second-order valence-electron chi connectivity index (χ2n) is 6.72. The first-order valence-electron chi connectivity index (χ1n) is 8.83. The standard InChI is InChI=1S/C19H31NO4/c1-15(2)24-14-17(21)12-20(13-19-8-5-9-23-19)11-16-6-4-7-18(10-16)22-3/h4,6-7,10,15,17,19,21H,5,8-9,11-14H2,1-3H3/t17-,19+/m0/s1. The fourth-order valence-electron chi connectivity index (χ4n) is 2.96. The zero-order valence-corrected chi connectivity index (χ0v) is 15.1. The molecule has 1 aromatic carbocycles. The van der Waals surface area contributed by atoms with E-state index in [4.69, 9.17) is 14.2 Å². The molecule has 1 aromatic rings. The Hall–Kier alpha value is -1.14. The van der Waals surface area contributed by atoms with E-state index in [2.05, 4.69) is 11.0 Å². The molecular weight excluding hydrogens is 306 g/mol. The summed E-state index contributed by atoms with van der Waals surface area (Å²) in [4.78, 5) is 2.25. The summed E-state index contributed by atoms with van der Waals surface area (Å²) in [7, 11) is 1.68. The molecule has 0 aromatic heterocycles. The van der Waals surface area contributed by atoms with Crippen molar-refractivity contribution in [2.24, 2.45) is 0 Å². The van der Waals surface area contributed by atoms with Gasteiger partial charge in [0.1, 0.15) is 5.75 Å². The first-order chi connectivity index (χ1) is 11.6. The Morgan fingerprint density at radius 2 is 2.21 bits per heavy atom. The molecule has 5 heteroatoms. The van der Waals surface area contributed by atoms with Crippen LogP contribution in [0.15, 0.2) is 24.3 Å². The van der Waals surface area contributed by atoms with E-state index in [-0.39, 0.29) is 12.2 Å². The molecule has 0 radical (unpaired) electrons. The predicted molar refractivity (Wildman–Crippen MR) is 94.3 cm³/mol. The summed E-state index contributed by atoms with van der Waals surface area (Å²) >= 11 is 0. The Balaban J connectivity index is 1.95. The predicted octanol–water partition coefficient (Wildman–Crippen LogP) is 2.46. The molecule has 1 N–H and O–H groups in total. The Bertz CT molecular complexity index is 474. The fourth-order valence-corrected chi connectivity index (χ4v) is 2.96. The summed E-state index contributed by atoms with van der Waals surface area (Å²) in [5.74, 6) is 0.855. The molecule has 2 atom stereocenters. The zero-order chi connectivity index (χ0) is 17.4. The van der Waals surface area contributed by atoms with Crippen LogP contribution in [0.2, 0.25) is 0 Å². The van der Waals surface area contributed by atoms with Crippen molar-refractivity contribution in [1.82, 2.24) is 4.90 Å². The Kier molecular flexibility index (Phi) is 7.99. The molecule has 0 spiro atoms. The van der Waals surface area contributed by atoms with Crippen LogP contribution in [0.4, 0.5) is 0 Å². The van der Waals surface area contributed by atoms with Gasteiger partial charge in [0, 0.05) is 26.2 Å². The maximum absolute atomic E-state index is 10.3. The van der Waals surface area contributed by atoms with Crippen molar-refractivity contribution in [2.75, 3.05) is 33.4 Å². The molecule has 1 aliphatic heterocycles. The van der Waals surface area contributed by atoms with Gasteiger partial charge in [0.15, 0.2) is 0 Å². The summed E-state index contributed by atoms with van der Waals surface area (Å²) in [5.41, 5.74) is 1.17. The smallest absolute Gasteiger partial charge is 0.119 e. The number of ether oxygens (including phenoxy) is 3. The molecule has 2 rings (SSSR count). The summed E-state index contributed by atoms with van der Waals surface area (Å²) in [5, 5.41) is 10.3. The lowest BCUT2D eigenvalue weighted by Gasteiger charge is -2.28. The minimum Gasteiger partial charge on any atom is -0.497 e. The van der Waals surface area contributed by atoms with E-state index in [1.807, 2.05) is 32.0 Å². The molecule has 1 saturated heterocycles. The normalized spacial score (nSPS) is 19.2. The monoisotopic (exact) mass is 337 g/mol. The SMILES string of the molecule is COc1cccc(CN(C[C@H](O)COC(C)C)C[C@H]2CCCO2)c1. The molecule has 0 bridgehead atoms. The largest absolute Gasteiger partial charge is 0.497 e. The lowest BCUT2D eigenvalue weighted by molar-refractivity contribution is -0.0172. The van der Waals surface area contributed by atoms with Gasteiger partial charge in [-0.15, -0.1) is 0 Å². The average Bonchev–Trinajstić information content (AvgIpc) is 3.06. The van der Waals surface area contributed by atoms with Gasteiger partial charge in [0.25, 0.3) is 0 Å². The van der Waals surface area contributed by atoms with Gasteiger partial charge in [-0.3, -0.25) is 4.90 Å². The van der Waals surface area contributed by atoms with Gasteiger partial charge in [0.2, 0.25) is 0 Å². The van der Waals surface area contributed by atoms with Crippen LogP contribution in [-0.2, 0) is 16.0 Å². The number of methoxy groups -OCH3 is 1. The third kappa shape index (κ3) is 6.77. The quantitative estimate of drug-likeness (QED) is 0.711. The maximum Gasteiger partial charge on any atom is 0.119 e. The molecule has 24 heavy (non-hydrogen) atoms. The highest BCUT2D eigenvalue weighted by atomic mass is 16.5. The molecule has 5 nitrogen and oxygen atoms in total. The Labute approximate surface area is 145 Å². The van der Waals surface area contributed by atoms with Gasteiger partial charge in [-0.25, -0.2) is 0 Å². The highest BCUT2D eigenvalue weighted by molar-refractivity contribution is 5.28. The highest BCUT2D eigenvalue weighted by Crippen LogP contribution is 2.18. The van der Waals surface area contributed by atoms with Crippen molar-refractivity contribution < 1.29 is 19.3 Å². The van der Waals surface area contributed by atoms with Crippen molar-refractivity contribution in [1.29, 1.82) is 0 Å². The molecule has 0 aliphatic carbocycles. The minimum atomic E-state index is -0.501. The van der Waals surface area contributed by atoms with Gasteiger partial charge in [0.05, 0.1) is 32.0 Å². The summed E-state index contributed by atoms with van der Waals surface area (Å²) < 4.78 is 16.6. The van der Waals surface area contributed by atoms with Gasteiger partial charge >= 0.3 is 0 Å². The first-order valence-corrected chi connectivity index (χ1v) is 8.83. The topological polar surface area (TPSA) is 51.2 Å². The average molecular weight is 337 g/mol. The van der Waals surface area contributed by atoms with Crippen molar-refractivity contribution >= 4 is 0 Å². The van der Waals surface area contributed by atoms with E-state index < -0.39 is 6.10 Å². The van der Waals surface area contributed by atoms with Gasteiger partial charge < -0.3 is 19.3 Å². The van der Waals surface area contributed by atoms with Crippen molar-refractivity contribution in [3.8, 4) is 5.75 Å². The van der Waals surface area contributed by atoms with Gasteiger partial charge in [-0.05, 0) is 44.4 Å². The zero-order valence-electron chi connectivity index (χ0n) is 15.1. The van der Waals surface area contributed by atoms with Crippen LogP contribution in [0.3, 0.4) is 0 Å². The van der Waals surface area contributed by atoms with Gasteiger partial charge in [-0.2, -0.15) is 0 Å². The van der Waals surface area contributed by atoms with Crippen molar-refractivity contribution in [3.05, 3.63) is 29.8 Å². The minimum absolute atomic E-state index is 0.129. The molecule has 1 fully saturated rings. The van der Waals surface area contributed by atoms with Crippen LogP contribution in [0.1, 0.15) is 32.3 Å². The van der Waals surface area contributed by atoms with Crippen LogP contribution < -0.4 is 4.74 Å². The molecule has 136 valence electrons. The van der Waals surface area contributed by atoms with Crippen LogP contribution in [0.5, 0.6) is 5.75 Å². The van der Waals surface area contributed by atoms with E-state index in [1.54, 1.807) is 7.11 Å². The molecule has 0 amide bonds. The summed E-state index contributed by atoms with van der Waals surface area (Å²) in [6, 6.07) is 8.07. The van der Waals surface area contributed by atoms with E-state index in [9.17, 15) is 5.11 Å². The molecule has 0 unspecified atom stereocenters. The maximum atomic E-state index is 10.3. The summed E-state index contributed by atoms with van der Waals surface area (Å²) in [6.45, 7) is 7.32. The fraction of sp³-hybridized carbons (Fsp3) is 0.684. The highest BCUT2D eigenvalue weighted by Gasteiger charge is 2.21. The number of rotatable bonds is 10. The van der Waals surface area contributed by atoms with E-state index in [0.717, 1.165) is 38.3 Å². The van der Waals surface area contributed by atoms with E-state index >= 15 is 0 Å². The van der Waals surface area contributed by atoms with E-state index in [1.165, 1.54) is 5.56 Å². The van der Waals surface area contributed by atoms with E-state index in [0.29, 0.717) is 13.2 Å². The Morgan fingerprint density at radius 3 is 2.88 bits per heavy atom. The molecule has 1 aliphatic rings. The van der Waals surface area contributed by atoms with Crippen LogP contribution >= 0.6 is 0 Å². The second kappa shape index (κ2) is 9.99. The lowest BCUT2D eigenvalue weighted by Crippen LogP contribution is -2.39. The molecular formula is C19H31NO4. The number of benzene rings is 1. The number of aliphatic hydroxyl groups is 1. The first kappa shape index (κ1) is 19.2. The van der Waals surface area contributed by atoms with Crippen LogP contribution in [0, 0.1) is 0 Å². The van der Waals surface area contributed by atoms with Crippen LogP contribution in [-0.4, -0.2) is 61.7 Å². The third-order valence-corrected chi connectivity index (χ3v) is 4.12. The molecule has 1 heterocycles. The molecule has 0 saturated carbocycles. The summed E-state index contributed by atoms with van der Waals surface area (Å²) in [6.07, 6.45) is 2.10. The van der Waals surface area contributed by atoms with Crippen molar-refractivity contribution in [3.63, 3.8) is 0 Å². The van der Waals surface area contributed by atoms with Gasteiger partial charge in [-0.1, -0.05) is 12.1 Å². The lowest BCUT2D eigenvalue weighted by atomic mass is 10.1. The number of hydrogen-bond donors (Lipinski definition) is 1. The number of nitrogens with zero attached hydrogens (tertiary/aromatic N) is 1.